The fourth-order valence-electron chi connectivity index (χ4n) is 2.10. The Hall–Kier alpha value is -1.16. The topological polar surface area (TPSA) is 41.1 Å². The van der Waals surface area contributed by atoms with E-state index >= 15 is 0 Å². The molecule has 92 valence electrons. The smallest absolute Gasteiger partial charge is 0.319 e. The van der Waals surface area contributed by atoms with Gasteiger partial charge in [0.25, 0.3) is 0 Å². The van der Waals surface area contributed by atoms with Gasteiger partial charge in [-0.05, 0) is 43.4 Å². The third-order valence-corrected chi connectivity index (χ3v) is 3.78. The first-order chi connectivity index (χ1) is 8.28. The average molecular weight is 250 g/mol. The van der Waals surface area contributed by atoms with Gasteiger partial charge in [0.05, 0.1) is 0 Å². The lowest BCUT2D eigenvalue weighted by Crippen LogP contribution is -2.36. The summed E-state index contributed by atoms with van der Waals surface area (Å²) in [7, 11) is 0. The molecule has 2 rings (SSSR count). The normalized spacial score (nSPS) is 15.8. The van der Waals surface area contributed by atoms with Crippen molar-refractivity contribution in [2.45, 2.75) is 36.6 Å². The van der Waals surface area contributed by atoms with Crippen LogP contribution in [0.4, 0.5) is 10.5 Å². The van der Waals surface area contributed by atoms with E-state index in [1.807, 2.05) is 30.5 Å². The molecular weight excluding hydrogens is 232 g/mol. The van der Waals surface area contributed by atoms with E-state index in [2.05, 4.69) is 10.6 Å². The molecule has 1 aliphatic rings. The zero-order valence-electron chi connectivity index (χ0n) is 10.0. The van der Waals surface area contributed by atoms with Crippen molar-refractivity contribution < 1.29 is 4.79 Å². The molecule has 4 heteroatoms. The number of nitrogens with one attached hydrogen (secondary N) is 2. The number of carbonyl (C=O) groups is 1. The second-order valence-electron chi connectivity index (χ2n) is 4.31. The van der Waals surface area contributed by atoms with Gasteiger partial charge in [-0.25, -0.2) is 4.79 Å². The van der Waals surface area contributed by atoms with Gasteiger partial charge in [0, 0.05) is 16.6 Å². The van der Waals surface area contributed by atoms with Crippen LogP contribution in [0.2, 0.25) is 0 Å². The molecule has 0 saturated heterocycles. The van der Waals surface area contributed by atoms with E-state index in [1.165, 1.54) is 17.7 Å². The molecule has 1 aromatic rings. The van der Waals surface area contributed by atoms with Crippen molar-refractivity contribution in [2.75, 3.05) is 11.6 Å². The van der Waals surface area contributed by atoms with Crippen molar-refractivity contribution in [1.29, 1.82) is 0 Å². The highest BCUT2D eigenvalue weighted by Gasteiger charge is 2.16. The van der Waals surface area contributed by atoms with Gasteiger partial charge < -0.3 is 10.6 Å². The van der Waals surface area contributed by atoms with E-state index in [4.69, 9.17) is 0 Å². The van der Waals surface area contributed by atoms with Gasteiger partial charge in [0.2, 0.25) is 0 Å². The van der Waals surface area contributed by atoms with Crippen LogP contribution in [-0.4, -0.2) is 18.3 Å². The van der Waals surface area contributed by atoms with Crippen molar-refractivity contribution in [1.82, 2.24) is 5.32 Å². The lowest BCUT2D eigenvalue weighted by atomic mass is 10.2. The quantitative estimate of drug-likeness (QED) is 0.806. The van der Waals surface area contributed by atoms with Crippen LogP contribution in [0.3, 0.4) is 0 Å². The number of anilines is 1. The predicted octanol–water partition coefficient (Wildman–Crippen LogP) is 3.47. The Labute approximate surface area is 106 Å². The molecule has 1 aromatic carbocycles. The van der Waals surface area contributed by atoms with Crippen molar-refractivity contribution in [3.63, 3.8) is 0 Å². The first-order valence-corrected chi connectivity index (χ1v) is 7.22. The van der Waals surface area contributed by atoms with Crippen LogP contribution in [0.15, 0.2) is 29.2 Å². The monoisotopic (exact) mass is 250 g/mol. The Morgan fingerprint density at radius 1 is 1.24 bits per heavy atom. The highest BCUT2D eigenvalue weighted by Crippen LogP contribution is 2.19. The number of hydrogen-bond donors (Lipinski definition) is 2. The maximum Gasteiger partial charge on any atom is 0.319 e. The van der Waals surface area contributed by atoms with E-state index in [0.717, 1.165) is 18.5 Å². The molecule has 1 aliphatic carbocycles. The Morgan fingerprint density at radius 3 is 2.47 bits per heavy atom. The minimum Gasteiger partial charge on any atom is -0.335 e. The lowest BCUT2D eigenvalue weighted by molar-refractivity contribution is 0.248. The third kappa shape index (κ3) is 3.66. The summed E-state index contributed by atoms with van der Waals surface area (Å²) in [6.07, 6.45) is 6.72. The van der Waals surface area contributed by atoms with Gasteiger partial charge in [-0.2, -0.15) is 0 Å². The lowest BCUT2D eigenvalue weighted by Gasteiger charge is -2.13. The van der Waals surface area contributed by atoms with Crippen molar-refractivity contribution >= 4 is 23.5 Å². The minimum atomic E-state index is -0.0891. The summed E-state index contributed by atoms with van der Waals surface area (Å²) in [5.74, 6) is 0. The molecule has 17 heavy (non-hydrogen) atoms. The number of urea groups is 1. The van der Waals surface area contributed by atoms with Crippen molar-refractivity contribution in [2.24, 2.45) is 0 Å². The maximum atomic E-state index is 11.7. The van der Waals surface area contributed by atoms with Crippen LogP contribution in [0.25, 0.3) is 0 Å². The van der Waals surface area contributed by atoms with Crippen LogP contribution in [0.5, 0.6) is 0 Å². The number of thioether (sulfide) groups is 1. The Bertz CT molecular complexity index is 372. The Morgan fingerprint density at radius 2 is 1.88 bits per heavy atom. The fourth-order valence-corrected chi connectivity index (χ4v) is 2.51. The van der Waals surface area contributed by atoms with Crippen LogP contribution < -0.4 is 10.6 Å². The maximum absolute atomic E-state index is 11.7. The summed E-state index contributed by atoms with van der Waals surface area (Å²) in [4.78, 5) is 12.9. The van der Waals surface area contributed by atoms with Crippen LogP contribution in [0, 0.1) is 0 Å². The van der Waals surface area contributed by atoms with Gasteiger partial charge in [0.1, 0.15) is 0 Å². The molecule has 1 fully saturated rings. The Kier molecular flexibility index (Phi) is 4.31. The molecule has 0 atom stereocenters. The zero-order valence-corrected chi connectivity index (χ0v) is 10.8. The van der Waals surface area contributed by atoms with Gasteiger partial charge >= 0.3 is 6.03 Å². The van der Waals surface area contributed by atoms with Gasteiger partial charge in [-0.3, -0.25) is 0 Å². The summed E-state index contributed by atoms with van der Waals surface area (Å²) in [6, 6.07) is 8.15. The second kappa shape index (κ2) is 5.96. The molecule has 1 saturated carbocycles. The highest BCUT2D eigenvalue weighted by atomic mass is 32.2. The van der Waals surface area contributed by atoms with Crippen LogP contribution in [0.1, 0.15) is 25.7 Å². The number of rotatable bonds is 3. The SMILES string of the molecule is CSc1ccc(NC(=O)NC2CCCC2)cc1. The first kappa shape index (κ1) is 12.3. The molecule has 0 heterocycles. The molecule has 2 N–H and O–H groups in total. The molecule has 0 aliphatic heterocycles. The largest absolute Gasteiger partial charge is 0.335 e. The molecule has 3 nitrogen and oxygen atoms in total. The number of benzene rings is 1. The molecule has 0 spiro atoms. The molecule has 2 amide bonds. The van der Waals surface area contributed by atoms with Crippen LogP contribution >= 0.6 is 11.8 Å². The average Bonchev–Trinajstić information content (AvgIpc) is 2.82. The minimum absolute atomic E-state index is 0.0891. The van der Waals surface area contributed by atoms with Crippen molar-refractivity contribution in [3.8, 4) is 0 Å². The molecular formula is C13H18N2OS. The fraction of sp³-hybridized carbons (Fsp3) is 0.462. The van der Waals surface area contributed by atoms with E-state index < -0.39 is 0 Å². The summed E-state index contributed by atoms with van der Waals surface area (Å²) in [6.45, 7) is 0. The molecule has 0 radical (unpaired) electrons. The third-order valence-electron chi connectivity index (χ3n) is 3.04. The molecule has 0 bridgehead atoms. The van der Waals surface area contributed by atoms with E-state index in [1.54, 1.807) is 11.8 Å². The van der Waals surface area contributed by atoms with Gasteiger partial charge in [-0.1, -0.05) is 12.8 Å². The van der Waals surface area contributed by atoms with E-state index in [-0.39, 0.29) is 6.03 Å². The zero-order chi connectivity index (χ0) is 12.1. The number of carbonyl (C=O) groups excluding carboxylic acids is 1. The van der Waals surface area contributed by atoms with Crippen LogP contribution in [-0.2, 0) is 0 Å². The predicted molar refractivity (Wildman–Crippen MR) is 72.6 cm³/mol. The Balaban J connectivity index is 1.84. The van der Waals surface area contributed by atoms with Gasteiger partial charge in [-0.15, -0.1) is 11.8 Å². The second-order valence-corrected chi connectivity index (χ2v) is 5.19. The summed E-state index contributed by atoms with van der Waals surface area (Å²) >= 11 is 1.69. The molecule has 0 aromatic heterocycles. The van der Waals surface area contributed by atoms with E-state index in [0.29, 0.717) is 6.04 Å². The van der Waals surface area contributed by atoms with Crippen molar-refractivity contribution in [3.05, 3.63) is 24.3 Å². The van der Waals surface area contributed by atoms with Gasteiger partial charge in [0.15, 0.2) is 0 Å². The highest BCUT2D eigenvalue weighted by molar-refractivity contribution is 7.98. The summed E-state index contributed by atoms with van der Waals surface area (Å²) < 4.78 is 0. The summed E-state index contributed by atoms with van der Waals surface area (Å²) in [5.41, 5.74) is 0.846. The number of amides is 2. The summed E-state index contributed by atoms with van der Waals surface area (Å²) in [5, 5.41) is 5.86. The van der Waals surface area contributed by atoms with E-state index in [9.17, 15) is 4.79 Å². The molecule has 0 unspecified atom stereocenters. The number of hydrogen-bond acceptors (Lipinski definition) is 2. The first-order valence-electron chi connectivity index (χ1n) is 5.99. The standard InChI is InChI=1S/C13H18N2OS/c1-17-12-8-6-11(7-9-12)15-13(16)14-10-4-2-3-5-10/h6-10H,2-5H2,1H3,(H2,14,15,16).